The average molecular weight is 323 g/mol. The largest absolute Gasteiger partial charge is 0.480 e. The van der Waals surface area contributed by atoms with Crippen molar-refractivity contribution in [2.24, 2.45) is 7.05 Å². The van der Waals surface area contributed by atoms with Gasteiger partial charge in [0.25, 0.3) is 0 Å². The van der Waals surface area contributed by atoms with Gasteiger partial charge in [-0.3, -0.25) is 9.48 Å². The van der Waals surface area contributed by atoms with Gasteiger partial charge < -0.3 is 5.11 Å². The molecular formula is C14H17N3O4S. The molecule has 2 N–H and O–H groups in total. The minimum Gasteiger partial charge on any atom is -0.480 e. The van der Waals surface area contributed by atoms with Crippen LogP contribution in [0.1, 0.15) is 22.9 Å². The van der Waals surface area contributed by atoms with Crippen molar-refractivity contribution in [1.82, 2.24) is 14.5 Å². The first-order valence-electron chi connectivity index (χ1n) is 6.55. The molecule has 0 saturated carbocycles. The molecule has 1 aromatic carbocycles. The Morgan fingerprint density at radius 1 is 1.41 bits per heavy atom. The molecule has 0 amide bonds. The molecule has 2 rings (SSSR count). The number of benzene rings is 1. The summed E-state index contributed by atoms with van der Waals surface area (Å²) in [5.74, 6) is -1.56. The van der Waals surface area contributed by atoms with Crippen LogP contribution in [0.5, 0.6) is 0 Å². The van der Waals surface area contributed by atoms with E-state index in [1.807, 2.05) is 13.0 Å². The highest BCUT2D eigenvalue weighted by Crippen LogP contribution is 2.15. The lowest BCUT2D eigenvalue weighted by Gasteiger charge is -2.15. The Bertz CT molecular complexity index is 783. The number of rotatable bonds is 6. The number of hydrogen-bond acceptors (Lipinski definition) is 4. The number of carbonyl (C=O) groups is 1. The van der Waals surface area contributed by atoms with Gasteiger partial charge in [0.05, 0.1) is 11.4 Å². The minimum absolute atomic E-state index is 0.264. The minimum atomic E-state index is -3.81. The highest BCUT2D eigenvalue weighted by atomic mass is 32.2. The Kier molecular flexibility index (Phi) is 4.62. The average Bonchev–Trinajstić information content (AvgIpc) is 2.81. The molecular weight excluding hydrogens is 306 g/mol. The molecule has 0 aliphatic carbocycles. The Morgan fingerprint density at radius 2 is 2.14 bits per heavy atom. The van der Waals surface area contributed by atoms with E-state index in [9.17, 15) is 18.3 Å². The lowest BCUT2D eigenvalue weighted by Crippen LogP contribution is -2.35. The van der Waals surface area contributed by atoms with Gasteiger partial charge in [0.1, 0.15) is 0 Å². The third-order valence-electron chi connectivity index (χ3n) is 3.14. The molecule has 1 heterocycles. The van der Waals surface area contributed by atoms with Crippen molar-refractivity contribution in [3.05, 3.63) is 53.3 Å². The summed E-state index contributed by atoms with van der Waals surface area (Å²) in [7, 11) is -2.25. The van der Waals surface area contributed by atoms with Gasteiger partial charge >= 0.3 is 5.97 Å². The smallest absolute Gasteiger partial charge is 0.327 e. The number of sulfonamides is 1. The lowest BCUT2D eigenvalue weighted by molar-refractivity contribution is -0.139. The fraction of sp³-hybridized carbons (Fsp3) is 0.286. The summed E-state index contributed by atoms with van der Waals surface area (Å²) in [5.41, 5.74) is 1.80. The summed E-state index contributed by atoms with van der Waals surface area (Å²) in [4.78, 5) is 11.4. The summed E-state index contributed by atoms with van der Waals surface area (Å²) >= 11 is 0. The monoisotopic (exact) mass is 323 g/mol. The first-order valence-corrected chi connectivity index (χ1v) is 8.20. The Morgan fingerprint density at radius 3 is 2.68 bits per heavy atom. The number of hydrogen-bond donors (Lipinski definition) is 2. The van der Waals surface area contributed by atoms with Crippen LogP contribution in [0.4, 0.5) is 0 Å². The van der Waals surface area contributed by atoms with Gasteiger partial charge in [-0.15, -0.1) is 0 Å². The number of carboxylic acid groups (broad SMARTS) is 1. The molecule has 1 aromatic heterocycles. The molecule has 0 aliphatic heterocycles. The quantitative estimate of drug-likeness (QED) is 0.825. The third-order valence-corrected chi connectivity index (χ3v) is 4.45. The van der Waals surface area contributed by atoms with Crippen LogP contribution in [-0.4, -0.2) is 29.3 Å². The summed E-state index contributed by atoms with van der Waals surface area (Å²) in [6.45, 7) is 1.86. The Labute approximate surface area is 128 Å². The number of nitrogens with zero attached hydrogens (tertiary/aromatic N) is 2. The Hall–Kier alpha value is -2.19. The molecule has 2 aromatic rings. The maximum Gasteiger partial charge on any atom is 0.327 e. The second-order valence-electron chi connectivity index (χ2n) is 5.02. The fourth-order valence-corrected chi connectivity index (χ4v) is 3.43. The highest BCUT2D eigenvalue weighted by molar-refractivity contribution is 7.88. The van der Waals surface area contributed by atoms with E-state index in [1.165, 1.54) is 16.9 Å². The highest BCUT2D eigenvalue weighted by Gasteiger charge is 2.28. The molecule has 0 saturated heterocycles. The lowest BCUT2D eigenvalue weighted by atomic mass is 10.2. The molecule has 118 valence electrons. The van der Waals surface area contributed by atoms with Crippen LogP contribution in [0.15, 0.2) is 36.5 Å². The van der Waals surface area contributed by atoms with Gasteiger partial charge in [0, 0.05) is 13.2 Å². The van der Waals surface area contributed by atoms with Gasteiger partial charge in [-0.25, -0.2) is 8.42 Å². The van der Waals surface area contributed by atoms with Gasteiger partial charge in [-0.05, 0) is 18.6 Å². The molecule has 22 heavy (non-hydrogen) atoms. The van der Waals surface area contributed by atoms with Crippen LogP contribution in [0, 0.1) is 6.92 Å². The SMILES string of the molecule is Cc1cccc(CS(=O)(=O)NC(C(=O)O)c2ccnn2C)c1. The summed E-state index contributed by atoms with van der Waals surface area (Å²) in [5, 5.41) is 13.1. The van der Waals surface area contributed by atoms with Crippen LogP contribution >= 0.6 is 0 Å². The number of carboxylic acids is 1. The van der Waals surface area contributed by atoms with Gasteiger partial charge in [0.15, 0.2) is 6.04 Å². The van der Waals surface area contributed by atoms with Crippen LogP contribution < -0.4 is 4.72 Å². The van der Waals surface area contributed by atoms with Gasteiger partial charge in [-0.1, -0.05) is 29.8 Å². The molecule has 1 unspecified atom stereocenters. The third kappa shape index (κ3) is 3.92. The first kappa shape index (κ1) is 16.2. The van der Waals surface area contributed by atoms with Crippen molar-refractivity contribution in [1.29, 1.82) is 0 Å². The van der Waals surface area contributed by atoms with E-state index in [-0.39, 0.29) is 11.4 Å². The number of aryl methyl sites for hydroxylation is 2. The summed E-state index contributed by atoms with van der Waals surface area (Å²) in [6.07, 6.45) is 1.42. The van der Waals surface area contributed by atoms with Gasteiger partial charge in [0.2, 0.25) is 10.0 Å². The van der Waals surface area contributed by atoms with E-state index in [0.29, 0.717) is 5.56 Å². The fourth-order valence-electron chi connectivity index (χ4n) is 2.15. The van der Waals surface area contributed by atoms with Crippen molar-refractivity contribution in [2.45, 2.75) is 18.7 Å². The second-order valence-corrected chi connectivity index (χ2v) is 6.77. The van der Waals surface area contributed by atoms with Crippen molar-refractivity contribution >= 4 is 16.0 Å². The maximum absolute atomic E-state index is 12.2. The molecule has 0 radical (unpaired) electrons. The standard InChI is InChI=1S/C14H17N3O4S/c1-10-4-3-5-11(8-10)9-22(20,21)16-13(14(18)19)12-6-7-15-17(12)2/h3-8,13,16H,9H2,1-2H3,(H,18,19). The zero-order valence-corrected chi connectivity index (χ0v) is 13.0. The normalized spacial score (nSPS) is 13.0. The molecule has 0 fully saturated rings. The number of aromatic nitrogens is 2. The van der Waals surface area contributed by atoms with Crippen molar-refractivity contribution < 1.29 is 18.3 Å². The molecule has 0 spiro atoms. The molecule has 8 heteroatoms. The van der Waals surface area contributed by atoms with Crippen molar-refractivity contribution in [3.8, 4) is 0 Å². The van der Waals surface area contributed by atoms with Crippen LogP contribution in [0.2, 0.25) is 0 Å². The summed E-state index contributed by atoms with van der Waals surface area (Å²) < 4.78 is 28.0. The number of aliphatic carboxylic acids is 1. The van der Waals surface area contributed by atoms with Crippen molar-refractivity contribution in [2.75, 3.05) is 0 Å². The van der Waals surface area contributed by atoms with E-state index in [0.717, 1.165) is 5.56 Å². The second kappa shape index (κ2) is 6.29. The van der Waals surface area contributed by atoms with E-state index in [1.54, 1.807) is 25.2 Å². The van der Waals surface area contributed by atoms with Crippen LogP contribution in [-0.2, 0) is 27.6 Å². The van der Waals surface area contributed by atoms with Crippen LogP contribution in [0.3, 0.4) is 0 Å². The molecule has 0 aliphatic rings. The predicted octanol–water partition coefficient (Wildman–Crippen LogP) is 0.974. The van der Waals surface area contributed by atoms with Crippen LogP contribution in [0.25, 0.3) is 0 Å². The first-order chi connectivity index (χ1) is 10.3. The van der Waals surface area contributed by atoms with E-state index in [4.69, 9.17) is 0 Å². The Balaban J connectivity index is 2.22. The topological polar surface area (TPSA) is 101 Å². The molecule has 7 nitrogen and oxygen atoms in total. The molecule has 1 atom stereocenters. The molecule has 0 bridgehead atoms. The van der Waals surface area contributed by atoms with Gasteiger partial charge in [-0.2, -0.15) is 9.82 Å². The van der Waals surface area contributed by atoms with Crippen molar-refractivity contribution in [3.63, 3.8) is 0 Å². The predicted molar refractivity (Wildman–Crippen MR) is 80.5 cm³/mol. The van der Waals surface area contributed by atoms with E-state index in [2.05, 4.69) is 9.82 Å². The number of nitrogens with one attached hydrogen (secondary N) is 1. The summed E-state index contributed by atoms with van der Waals surface area (Å²) in [6, 6.07) is 7.15. The maximum atomic E-state index is 12.2. The zero-order chi connectivity index (χ0) is 16.3. The van der Waals surface area contributed by atoms with E-state index >= 15 is 0 Å². The zero-order valence-electron chi connectivity index (χ0n) is 12.2. The van der Waals surface area contributed by atoms with E-state index < -0.39 is 22.0 Å².